The van der Waals surface area contributed by atoms with Crippen LogP contribution in [0.15, 0.2) is 30.6 Å². The van der Waals surface area contributed by atoms with Gasteiger partial charge in [0, 0.05) is 12.1 Å². The first-order valence-electron chi connectivity index (χ1n) is 7.78. The summed E-state index contributed by atoms with van der Waals surface area (Å²) in [6, 6.07) is 4.58. The minimum Gasteiger partial charge on any atom is -0.251 e. The van der Waals surface area contributed by atoms with Crippen molar-refractivity contribution in [3.63, 3.8) is 0 Å². The molecule has 0 saturated heterocycles. The van der Waals surface area contributed by atoms with Crippen LogP contribution in [-0.4, -0.2) is 49.9 Å². The van der Waals surface area contributed by atoms with Gasteiger partial charge < -0.3 is 0 Å². The molecule has 0 amide bonds. The second kappa shape index (κ2) is 10.6. The third-order valence-electron chi connectivity index (χ3n) is 3.68. The molecular weight excluding hydrogens is 358 g/mol. The number of aromatic nitrogens is 1. The molecule has 0 aliphatic carbocycles. The second-order valence-corrected chi connectivity index (χ2v) is 5.66. The summed E-state index contributed by atoms with van der Waals surface area (Å²) in [5, 5.41) is 0. The first kappa shape index (κ1) is 21.6. The van der Waals surface area contributed by atoms with Crippen molar-refractivity contribution in [2.24, 2.45) is 0 Å². The van der Waals surface area contributed by atoms with E-state index in [0.717, 1.165) is 4.57 Å². The summed E-state index contributed by atoms with van der Waals surface area (Å²) >= 11 is 0. The molecule has 7 atom stereocenters. The van der Waals surface area contributed by atoms with Gasteiger partial charge in [-0.3, -0.25) is 4.39 Å². The standard InChI is InChI=1S/C16H20F8N/c17-6-4-5-10(18)12(20)14(22)16(24)15(23)13(21)11(19)9-25-7-2-1-3-8-25/h1-3,7-8,10-16H,4-6,9H2/q+1. The lowest BCUT2D eigenvalue weighted by molar-refractivity contribution is -0.702. The van der Waals surface area contributed by atoms with Gasteiger partial charge in [-0.15, -0.1) is 0 Å². The number of hydrogen-bond acceptors (Lipinski definition) is 0. The monoisotopic (exact) mass is 378 g/mol. The van der Waals surface area contributed by atoms with E-state index in [1.165, 1.54) is 24.5 Å². The van der Waals surface area contributed by atoms with E-state index in [0.29, 0.717) is 0 Å². The molecule has 0 aliphatic rings. The molecule has 144 valence electrons. The van der Waals surface area contributed by atoms with Gasteiger partial charge in [0.2, 0.25) is 0 Å². The van der Waals surface area contributed by atoms with Gasteiger partial charge in [0.25, 0.3) is 0 Å². The van der Waals surface area contributed by atoms with E-state index in [4.69, 9.17) is 0 Å². The maximum atomic E-state index is 13.7. The van der Waals surface area contributed by atoms with E-state index in [1.54, 1.807) is 6.07 Å². The van der Waals surface area contributed by atoms with E-state index >= 15 is 0 Å². The van der Waals surface area contributed by atoms with Gasteiger partial charge in [0.15, 0.2) is 56.0 Å². The smallest absolute Gasteiger partial charge is 0.192 e. The zero-order valence-electron chi connectivity index (χ0n) is 13.2. The fraction of sp³-hybridized carbons (Fsp3) is 0.688. The first-order chi connectivity index (χ1) is 11.8. The molecule has 1 heterocycles. The Morgan fingerprint density at radius 2 is 1.12 bits per heavy atom. The molecule has 0 aromatic carbocycles. The number of pyridine rings is 1. The van der Waals surface area contributed by atoms with Crippen molar-refractivity contribution in [2.75, 3.05) is 6.67 Å². The highest BCUT2D eigenvalue weighted by Crippen LogP contribution is 2.27. The zero-order chi connectivity index (χ0) is 19.0. The van der Waals surface area contributed by atoms with Crippen molar-refractivity contribution in [1.29, 1.82) is 0 Å². The maximum absolute atomic E-state index is 13.7. The summed E-state index contributed by atoms with van der Waals surface area (Å²) in [5.74, 6) is 0. The highest BCUT2D eigenvalue weighted by Gasteiger charge is 2.46. The van der Waals surface area contributed by atoms with Gasteiger partial charge in [-0.05, 0) is 12.8 Å². The van der Waals surface area contributed by atoms with Gasteiger partial charge in [-0.1, -0.05) is 6.07 Å². The van der Waals surface area contributed by atoms with Crippen molar-refractivity contribution < 1.29 is 39.7 Å². The molecule has 9 heteroatoms. The zero-order valence-corrected chi connectivity index (χ0v) is 13.2. The Labute approximate surface area is 140 Å². The third-order valence-corrected chi connectivity index (χ3v) is 3.68. The van der Waals surface area contributed by atoms with Crippen molar-refractivity contribution in [1.82, 2.24) is 0 Å². The molecule has 25 heavy (non-hydrogen) atoms. The van der Waals surface area contributed by atoms with Crippen LogP contribution in [0.25, 0.3) is 0 Å². The van der Waals surface area contributed by atoms with Crippen LogP contribution in [0.1, 0.15) is 12.8 Å². The molecule has 0 fully saturated rings. The summed E-state index contributed by atoms with van der Waals surface area (Å²) in [5.41, 5.74) is 0. The van der Waals surface area contributed by atoms with Crippen LogP contribution in [0.4, 0.5) is 35.1 Å². The number of rotatable bonds is 11. The number of hydrogen-bond donors (Lipinski definition) is 0. The Bertz CT molecular complexity index is 476. The van der Waals surface area contributed by atoms with Crippen molar-refractivity contribution in [3.8, 4) is 0 Å². The van der Waals surface area contributed by atoms with Crippen molar-refractivity contribution >= 4 is 0 Å². The van der Waals surface area contributed by atoms with E-state index in [1.807, 2.05) is 0 Å². The van der Waals surface area contributed by atoms with Crippen LogP contribution < -0.4 is 4.57 Å². The molecule has 0 saturated carbocycles. The summed E-state index contributed by atoms with van der Waals surface area (Å²) in [7, 11) is 0. The van der Waals surface area contributed by atoms with Gasteiger partial charge in [-0.25, -0.2) is 35.3 Å². The predicted molar refractivity (Wildman–Crippen MR) is 76.1 cm³/mol. The number of halogens is 8. The lowest BCUT2D eigenvalue weighted by Gasteiger charge is -2.24. The SMILES string of the molecule is FCCCC(F)C(F)C(F)C(F)C(F)C(F)C(F)C[n+]1ccccc1. The molecular formula is C16H20F8N+. The molecule has 1 nitrogen and oxygen atoms in total. The van der Waals surface area contributed by atoms with Crippen LogP contribution in [0.2, 0.25) is 0 Å². The minimum absolute atomic E-state index is 0.420. The Kier molecular flexibility index (Phi) is 9.13. The fourth-order valence-electron chi connectivity index (χ4n) is 2.22. The Balaban J connectivity index is 2.61. The molecule has 0 aliphatic heterocycles. The van der Waals surface area contributed by atoms with Gasteiger partial charge >= 0.3 is 0 Å². The van der Waals surface area contributed by atoms with Crippen LogP contribution in [0.3, 0.4) is 0 Å². The lowest BCUT2D eigenvalue weighted by atomic mass is 9.98. The normalized spacial score (nSPS) is 20.3. The van der Waals surface area contributed by atoms with Crippen molar-refractivity contribution in [3.05, 3.63) is 30.6 Å². The summed E-state index contributed by atoms with van der Waals surface area (Å²) in [6.07, 6.45) is -19.7. The molecule has 0 radical (unpaired) electrons. The lowest BCUT2D eigenvalue weighted by Crippen LogP contribution is -2.48. The topological polar surface area (TPSA) is 3.88 Å². The minimum atomic E-state index is -3.38. The molecule has 1 aromatic rings. The Morgan fingerprint density at radius 3 is 1.64 bits per heavy atom. The highest BCUT2D eigenvalue weighted by molar-refractivity contribution is 4.91. The van der Waals surface area contributed by atoms with E-state index in [2.05, 4.69) is 0 Å². The van der Waals surface area contributed by atoms with E-state index in [-0.39, 0.29) is 0 Å². The first-order valence-corrected chi connectivity index (χ1v) is 7.78. The summed E-state index contributed by atoms with van der Waals surface area (Å²) in [6.45, 7) is -1.64. The van der Waals surface area contributed by atoms with Gasteiger partial charge in [-0.2, -0.15) is 0 Å². The summed E-state index contributed by atoms with van der Waals surface area (Å²) in [4.78, 5) is 0. The fourth-order valence-corrected chi connectivity index (χ4v) is 2.22. The van der Waals surface area contributed by atoms with Crippen molar-refractivity contribution in [2.45, 2.75) is 62.6 Å². The number of nitrogens with zero attached hydrogens (tertiary/aromatic N) is 1. The molecule has 1 rings (SSSR count). The van der Waals surface area contributed by atoms with E-state index in [9.17, 15) is 35.1 Å². The van der Waals surface area contributed by atoms with Gasteiger partial charge in [0.1, 0.15) is 6.17 Å². The van der Waals surface area contributed by atoms with Crippen LogP contribution in [0, 0.1) is 0 Å². The maximum Gasteiger partial charge on any atom is 0.192 e. The van der Waals surface area contributed by atoms with Crippen LogP contribution in [0.5, 0.6) is 0 Å². The van der Waals surface area contributed by atoms with Crippen LogP contribution in [-0.2, 0) is 6.54 Å². The molecule has 0 bridgehead atoms. The summed E-state index contributed by atoms with van der Waals surface area (Å²) < 4.78 is 108. The van der Waals surface area contributed by atoms with Gasteiger partial charge in [0.05, 0.1) is 6.67 Å². The largest absolute Gasteiger partial charge is 0.251 e. The average Bonchev–Trinajstić information content (AvgIpc) is 2.63. The molecule has 7 unspecified atom stereocenters. The second-order valence-electron chi connectivity index (χ2n) is 5.66. The van der Waals surface area contributed by atoms with Crippen LogP contribution >= 0.6 is 0 Å². The average molecular weight is 378 g/mol. The molecule has 0 N–H and O–H groups in total. The highest BCUT2D eigenvalue weighted by atomic mass is 19.2. The third kappa shape index (κ3) is 6.43. The molecule has 0 spiro atoms. The quantitative estimate of drug-likeness (QED) is 0.403. The van der Waals surface area contributed by atoms with E-state index < -0.39 is 69.3 Å². The Morgan fingerprint density at radius 1 is 0.640 bits per heavy atom. The molecule has 1 aromatic heterocycles. The predicted octanol–water partition coefficient (Wildman–Crippen LogP) is 4.09. The number of alkyl halides is 8. The Hall–Kier alpha value is -1.41.